The molecule has 4 heterocycles. The molecule has 1 N–H and O–H groups in total. The van der Waals surface area contributed by atoms with Crippen LogP contribution in [-0.4, -0.2) is 64.9 Å². The Morgan fingerprint density at radius 3 is 2.65 bits per heavy atom. The number of aromatic nitrogens is 3. The zero-order valence-electron chi connectivity index (χ0n) is 17.1. The number of ether oxygens (including phenoxy) is 2. The number of carbonyl (C=O) groups is 1. The van der Waals surface area contributed by atoms with E-state index >= 15 is 0 Å². The number of benzene rings is 1. The molecule has 0 bridgehead atoms. The van der Waals surface area contributed by atoms with Gasteiger partial charge in [-0.15, -0.1) is 0 Å². The molecule has 0 unspecified atom stereocenters. The Bertz CT molecular complexity index is 1200. The minimum absolute atomic E-state index is 0.194. The third-order valence-corrected chi connectivity index (χ3v) is 5.47. The fraction of sp³-hybridized carbons (Fsp3) is 0.333. The van der Waals surface area contributed by atoms with E-state index in [0.29, 0.717) is 73.6 Å². The highest BCUT2D eigenvalue weighted by Crippen LogP contribution is 2.32. The first-order valence-electron chi connectivity index (χ1n) is 10.1. The van der Waals surface area contributed by atoms with Crippen LogP contribution in [0.2, 0.25) is 0 Å². The van der Waals surface area contributed by atoms with Crippen molar-refractivity contribution in [2.45, 2.75) is 0 Å². The Morgan fingerprint density at radius 1 is 1.06 bits per heavy atom. The van der Waals surface area contributed by atoms with Gasteiger partial charge in [0, 0.05) is 51.2 Å². The lowest BCUT2D eigenvalue weighted by Crippen LogP contribution is -2.51. The van der Waals surface area contributed by atoms with E-state index in [4.69, 9.17) is 9.47 Å². The van der Waals surface area contributed by atoms with Gasteiger partial charge < -0.3 is 24.6 Å². The fourth-order valence-electron chi connectivity index (χ4n) is 3.79. The molecule has 10 heteroatoms. The number of aryl methyl sites for hydroxylation is 1. The summed E-state index contributed by atoms with van der Waals surface area (Å²) in [6.07, 6.45) is 1.64. The SMILES string of the molecule is Cn1c(=O)c(N2CCN(C(=O)Nc3ccc4c(c3)OCCO4)CC2)nc2cccnc21. The highest BCUT2D eigenvalue weighted by atomic mass is 16.6. The summed E-state index contributed by atoms with van der Waals surface area (Å²) >= 11 is 0. The molecular weight excluding hydrogens is 400 g/mol. The first-order valence-corrected chi connectivity index (χ1v) is 10.1. The van der Waals surface area contributed by atoms with Crippen LogP contribution in [0.25, 0.3) is 11.2 Å². The van der Waals surface area contributed by atoms with Crippen LogP contribution in [-0.2, 0) is 7.05 Å². The smallest absolute Gasteiger partial charge is 0.321 e. The molecule has 2 aromatic heterocycles. The maximum absolute atomic E-state index is 12.8. The molecule has 160 valence electrons. The molecular formula is C21H22N6O4. The Morgan fingerprint density at radius 2 is 1.84 bits per heavy atom. The van der Waals surface area contributed by atoms with Crippen molar-refractivity contribution >= 4 is 28.7 Å². The number of piperazine rings is 1. The second-order valence-electron chi connectivity index (χ2n) is 7.41. The van der Waals surface area contributed by atoms with Gasteiger partial charge in [0.2, 0.25) is 0 Å². The van der Waals surface area contributed by atoms with E-state index in [1.165, 1.54) is 4.57 Å². The van der Waals surface area contributed by atoms with Gasteiger partial charge in [-0.1, -0.05) is 0 Å². The number of rotatable bonds is 2. The van der Waals surface area contributed by atoms with Gasteiger partial charge in [-0.3, -0.25) is 9.36 Å². The minimum atomic E-state index is -0.195. The molecule has 31 heavy (non-hydrogen) atoms. The zero-order chi connectivity index (χ0) is 21.4. The molecule has 1 aromatic carbocycles. The first kappa shape index (κ1) is 19.2. The lowest BCUT2D eigenvalue weighted by atomic mass is 10.2. The summed E-state index contributed by atoms with van der Waals surface area (Å²) in [4.78, 5) is 37.9. The number of carbonyl (C=O) groups excluding carboxylic acids is 1. The van der Waals surface area contributed by atoms with Gasteiger partial charge in [0.25, 0.3) is 5.56 Å². The van der Waals surface area contributed by atoms with Crippen LogP contribution in [0.3, 0.4) is 0 Å². The van der Waals surface area contributed by atoms with Gasteiger partial charge in [-0.05, 0) is 24.3 Å². The quantitative estimate of drug-likeness (QED) is 0.667. The summed E-state index contributed by atoms with van der Waals surface area (Å²) in [5.41, 5.74) is 1.67. The molecule has 2 aliphatic rings. The van der Waals surface area contributed by atoms with E-state index in [1.807, 2.05) is 11.0 Å². The third kappa shape index (κ3) is 3.60. The zero-order valence-corrected chi connectivity index (χ0v) is 17.1. The fourth-order valence-corrected chi connectivity index (χ4v) is 3.79. The Kier molecular flexibility index (Phi) is 4.81. The molecule has 2 amide bonds. The van der Waals surface area contributed by atoms with Crippen LogP contribution in [0.5, 0.6) is 11.5 Å². The molecule has 5 rings (SSSR count). The maximum Gasteiger partial charge on any atom is 0.321 e. The number of fused-ring (bicyclic) bond motifs is 2. The van der Waals surface area contributed by atoms with Crippen molar-refractivity contribution in [2.24, 2.45) is 7.05 Å². The molecule has 10 nitrogen and oxygen atoms in total. The molecule has 0 atom stereocenters. The molecule has 0 aliphatic carbocycles. The van der Waals surface area contributed by atoms with Gasteiger partial charge in [0.05, 0.1) is 0 Å². The summed E-state index contributed by atoms with van der Waals surface area (Å²) in [6, 6.07) is 8.78. The number of pyridine rings is 1. The number of hydrogen-bond donors (Lipinski definition) is 1. The monoisotopic (exact) mass is 422 g/mol. The van der Waals surface area contributed by atoms with E-state index in [9.17, 15) is 9.59 Å². The van der Waals surface area contributed by atoms with Crippen LogP contribution in [0, 0.1) is 0 Å². The highest BCUT2D eigenvalue weighted by molar-refractivity contribution is 5.90. The maximum atomic E-state index is 12.8. The van der Waals surface area contributed by atoms with Gasteiger partial charge in [-0.2, -0.15) is 0 Å². The van der Waals surface area contributed by atoms with Crippen LogP contribution >= 0.6 is 0 Å². The van der Waals surface area contributed by atoms with Crippen LogP contribution in [0.15, 0.2) is 41.3 Å². The number of nitrogens with zero attached hydrogens (tertiary/aromatic N) is 5. The molecule has 0 spiro atoms. The largest absolute Gasteiger partial charge is 0.486 e. The average Bonchev–Trinajstić information content (AvgIpc) is 2.81. The standard InChI is InChI=1S/C21H22N6O4/c1-25-18-15(3-2-6-22-18)24-19(20(25)28)26-7-9-27(10-8-26)21(29)23-14-4-5-16-17(13-14)31-12-11-30-16/h2-6,13H,7-12H2,1H3,(H,23,29). The first-order chi connectivity index (χ1) is 15.1. The van der Waals surface area contributed by atoms with Crippen LogP contribution < -0.4 is 25.2 Å². The van der Waals surface area contributed by atoms with E-state index in [1.54, 1.807) is 42.4 Å². The van der Waals surface area contributed by atoms with Crippen molar-refractivity contribution in [3.8, 4) is 11.5 Å². The highest BCUT2D eigenvalue weighted by Gasteiger charge is 2.25. The van der Waals surface area contributed by atoms with Crippen molar-refractivity contribution < 1.29 is 14.3 Å². The van der Waals surface area contributed by atoms with Gasteiger partial charge in [0.1, 0.15) is 18.7 Å². The Hall–Kier alpha value is -3.82. The molecule has 0 radical (unpaired) electrons. The molecule has 1 saturated heterocycles. The number of hydrogen-bond acceptors (Lipinski definition) is 7. The second kappa shape index (κ2) is 7.78. The number of nitrogens with one attached hydrogen (secondary N) is 1. The van der Waals surface area contributed by atoms with Crippen molar-refractivity contribution in [1.82, 2.24) is 19.4 Å². The molecule has 0 saturated carbocycles. The van der Waals surface area contributed by atoms with E-state index in [0.717, 1.165) is 0 Å². The van der Waals surface area contributed by atoms with Gasteiger partial charge in [0.15, 0.2) is 23.0 Å². The van der Waals surface area contributed by atoms with Gasteiger partial charge in [-0.25, -0.2) is 14.8 Å². The van der Waals surface area contributed by atoms with E-state index in [-0.39, 0.29) is 11.6 Å². The lowest BCUT2D eigenvalue weighted by Gasteiger charge is -2.35. The van der Waals surface area contributed by atoms with Crippen molar-refractivity contribution in [3.05, 3.63) is 46.9 Å². The number of anilines is 2. The molecule has 3 aromatic rings. The normalized spacial score (nSPS) is 15.8. The number of amides is 2. The van der Waals surface area contributed by atoms with Gasteiger partial charge >= 0.3 is 6.03 Å². The number of urea groups is 1. The summed E-state index contributed by atoms with van der Waals surface area (Å²) in [7, 11) is 1.69. The Balaban J connectivity index is 1.26. The van der Waals surface area contributed by atoms with Crippen LogP contribution in [0.4, 0.5) is 16.3 Å². The van der Waals surface area contributed by atoms with Crippen LogP contribution in [0.1, 0.15) is 0 Å². The second-order valence-corrected chi connectivity index (χ2v) is 7.41. The topological polar surface area (TPSA) is 102 Å². The predicted octanol–water partition coefficient (Wildman–Crippen LogP) is 1.45. The third-order valence-electron chi connectivity index (χ3n) is 5.47. The average molecular weight is 422 g/mol. The molecule has 1 fully saturated rings. The summed E-state index contributed by atoms with van der Waals surface area (Å²) in [5, 5.41) is 2.90. The summed E-state index contributed by atoms with van der Waals surface area (Å²) in [5.74, 6) is 1.69. The molecule has 2 aliphatic heterocycles. The Labute approximate surface area is 178 Å². The summed E-state index contributed by atoms with van der Waals surface area (Å²) < 4.78 is 12.6. The van der Waals surface area contributed by atoms with E-state index in [2.05, 4.69) is 15.3 Å². The lowest BCUT2D eigenvalue weighted by molar-refractivity contribution is 0.171. The van der Waals surface area contributed by atoms with Crippen molar-refractivity contribution in [3.63, 3.8) is 0 Å². The minimum Gasteiger partial charge on any atom is -0.486 e. The predicted molar refractivity (Wildman–Crippen MR) is 115 cm³/mol. The van der Waals surface area contributed by atoms with E-state index < -0.39 is 0 Å². The van der Waals surface area contributed by atoms with Crippen molar-refractivity contribution in [1.29, 1.82) is 0 Å². The van der Waals surface area contributed by atoms with Crippen molar-refractivity contribution in [2.75, 3.05) is 49.6 Å². The summed E-state index contributed by atoms with van der Waals surface area (Å²) in [6.45, 7) is 3.00.